The molecule has 0 spiro atoms. The van der Waals surface area contributed by atoms with E-state index in [0.717, 1.165) is 17.9 Å². The van der Waals surface area contributed by atoms with Crippen molar-refractivity contribution >= 4 is 49.7 Å². The first-order valence-corrected chi connectivity index (χ1v) is 9.54. The second kappa shape index (κ2) is 4.92. The smallest absolute Gasteiger partial charge is 0.262 e. The van der Waals surface area contributed by atoms with Crippen LogP contribution in [0.5, 0.6) is 0 Å². The van der Waals surface area contributed by atoms with Crippen LogP contribution in [-0.4, -0.2) is 46.7 Å². The van der Waals surface area contributed by atoms with Crippen molar-refractivity contribution in [2.45, 2.75) is 17.5 Å². The molecule has 5 nitrogen and oxygen atoms in total. The molecule has 9 heteroatoms. The summed E-state index contributed by atoms with van der Waals surface area (Å²) in [6, 6.07) is 0.0373. The highest BCUT2D eigenvalue weighted by molar-refractivity contribution is 7.99. The fraction of sp³-hybridized carbons (Fsp3) is 0.500. The molecule has 3 rings (SSSR count). The monoisotopic (exact) mass is 337 g/mol. The van der Waals surface area contributed by atoms with Crippen molar-refractivity contribution in [2.75, 3.05) is 18.6 Å². The summed E-state index contributed by atoms with van der Waals surface area (Å²) in [5, 5.41) is 1.91. The number of sulfonamides is 1. The Morgan fingerprint density at radius 2 is 2.37 bits per heavy atom. The van der Waals surface area contributed by atoms with Gasteiger partial charge in [0.05, 0.1) is 0 Å². The number of hydrogen-bond donors (Lipinski definition) is 0. The number of thiazole rings is 1. The van der Waals surface area contributed by atoms with Crippen LogP contribution < -0.4 is 0 Å². The van der Waals surface area contributed by atoms with Gasteiger partial charge in [-0.25, -0.2) is 13.4 Å². The summed E-state index contributed by atoms with van der Waals surface area (Å²) in [6.45, 7) is 0. The summed E-state index contributed by atoms with van der Waals surface area (Å²) in [5.41, 5.74) is 0. The number of imidazole rings is 1. The minimum absolute atomic E-state index is 0.0373. The van der Waals surface area contributed by atoms with Crippen molar-refractivity contribution in [3.05, 3.63) is 16.7 Å². The molecule has 0 aromatic carbocycles. The van der Waals surface area contributed by atoms with E-state index < -0.39 is 10.0 Å². The third kappa shape index (κ3) is 2.19. The maximum Gasteiger partial charge on any atom is 0.262 e. The molecule has 104 valence electrons. The van der Waals surface area contributed by atoms with Crippen molar-refractivity contribution in [3.8, 4) is 0 Å². The van der Waals surface area contributed by atoms with Crippen molar-refractivity contribution in [1.29, 1.82) is 0 Å². The van der Waals surface area contributed by atoms with E-state index in [1.807, 2.05) is 0 Å². The molecule has 1 atom stereocenters. The van der Waals surface area contributed by atoms with Crippen LogP contribution in [0.3, 0.4) is 0 Å². The van der Waals surface area contributed by atoms with Gasteiger partial charge in [0.25, 0.3) is 10.0 Å². The van der Waals surface area contributed by atoms with Gasteiger partial charge in [-0.1, -0.05) is 11.6 Å². The van der Waals surface area contributed by atoms with Gasteiger partial charge in [0.15, 0.2) is 15.1 Å². The second-order valence-electron chi connectivity index (χ2n) is 4.30. The molecular weight excluding hydrogens is 326 g/mol. The zero-order chi connectivity index (χ0) is 13.6. The van der Waals surface area contributed by atoms with Crippen LogP contribution in [0.15, 0.2) is 16.6 Å². The number of thioether (sulfide) groups is 1. The van der Waals surface area contributed by atoms with E-state index in [1.165, 1.54) is 15.6 Å². The molecule has 0 radical (unpaired) electrons. The maximum atomic E-state index is 12.7. The zero-order valence-corrected chi connectivity index (χ0v) is 13.3. The number of nitrogens with zero attached hydrogens (tertiary/aromatic N) is 3. The van der Waals surface area contributed by atoms with Crippen LogP contribution in [0.25, 0.3) is 4.96 Å². The van der Waals surface area contributed by atoms with Gasteiger partial charge >= 0.3 is 0 Å². The molecule has 0 saturated carbocycles. The molecule has 0 N–H and O–H groups in total. The van der Waals surface area contributed by atoms with Crippen molar-refractivity contribution in [1.82, 2.24) is 13.7 Å². The summed E-state index contributed by atoms with van der Waals surface area (Å²) in [4.78, 5) is 4.68. The summed E-state index contributed by atoms with van der Waals surface area (Å²) in [5.74, 6) is 1.83. The van der Waals surface area contributed by atoms with E-state index in [0.29, 0.717) is 4.96 Å². The Balaban J connectivity index is 2.08. The highest BCUT2D eigenvalue weighted by Gasteiger charge is 2.34. The van der Waals surface area contributed by atoms with Crippen LogP contribution in [0, 0.1) is 0 Å². The van der Waals surface area contributed by atoms with Crippen LogP contribution in [0.4, 0.5) is 0 Å². The molecule has 0 amide bonds. The molecule has 1 aliphatic rings. The molecule has 19 heavy (non-hydrogen) atoms. The van der Waals surface area contributed by atoms with Gasteiger partial charge in [-0.3, -0.25) is 4.40 Å². The summed E-state index contributed by atoms with van der Waals surface area (Å²) >= 11 is 9.14. The molecule has 3 heterocycles. The highest BCUT2D eigenvalue weighted by Crippen LogP contribution is 2.31. The lowest BCUT2D eigenvalue weighted by molar-refractivity contribution is 0.392. The van der Waals surface area contributed by atoms with Gasteiger partial charge in [-0.05, 0) is 12.2 Å². The van der Waals surface area contributed by atoms with E-state index in [-0.39, 0.29) is 16.2 Å². The number of hydrogen-bond acceptors (Lipinski definition) is 5. The van der Waals surface area contributed by atoms with Crippen LogP contribution >= 0.6 is 34.7 Å². The van der Waals surface area contributed by atoms with E-state index in [4.69, 9.17) is 11.6 Å². The largest absolute Gasteiger partial charge is 0.279 e. The molecule has 1 fully saturated rings. The first-order valence-electron chi connectivity index (χ1n) is 5.68. The van der Waals surface area contributed by atoms with Crippen LogP contribution in [-0.2, 0) is 10.0 Å². The van der Waals surface area contributed by atoms with Crippen LogP contribution in [0.2, 0.25) is 5.15 Å². The predicted octanol–water partition coefficient (Wildman–Crippen LogP) is 2.18. The number of fused-ring (bicyclic) bond motifs is 1. The lowest BCUT2D eigenvalue weighted by atomic mass is 10.3. The molecule has 1 saturated heterocycles. The third-order valence-corrected chi connectivity index (χ3v) is 7.43. The Morgan fingerprint density at radius 1 is 1.58 bits per heavy atom. The first kappa shape index (κ1) is 13.7. The quantitative estimate of drug-likeness (QED) is 0.861. The Labute approximate surface area is 124 Å². The summed E-state index contributed by atoms with van der Waals surface area (Å²) in [7, 11) is -1.99. The highest BCUT2D eigenvalue weighted by atomic mass is 35.5. The molecule has 2 aromatic heterocycles. The Hall–Kier alpha value is -0.280. The van der Waals surface area contributed by atoms with Crippen molar-refractivity contribution in [2.24, 2.45) is 0 Å². The van der Waals surface area contributed by atoms with Gasteiger partial charge < -0.3 is 0 Å². The lowest BCUT2D eigenvalue weighted by Crippen LogP contribution is -2.37. The van der Waals surface area contributed by atoms with Gasteiger partial charge in [0.2, 0.25) is 0 Å². The summed E-state index contributed by atoms with van der Waals surface area (Å²) in [6.07, 6.45) is 2.56. The molecule has 1 unspecified atom stereocenters. The molecule has 1 aliphatic heterocycles. The Kier molecular flexibility index (Phi) is 3.55. The predicted molar refractivity (Wildman–Crippen MR) is 78.8 cm³/mol. The number of aromatic nitrogens is 2. The third-order valence-electron chi connectivity index (χ3n) is 3.22. The fourth-order valence-corrected chi connectivity index (χ4v) is 6.26. The average Bonchev–Trinajstić information content (AvgIpc) is 3.01. The second-order valence-corrected chi connectivity index (χ2v) is 8.60. The maximum absolute atomic E-state index is 12.7. The minimum Gasteiger partial charge on any atom is -0.279 e. The van der Waals surface area contributed by atoms with E-state index in [2.05, 4.69) is 4.98 Å². The molecular formula is C10H12ClN3O2S3. The Bertz CT molecular complexity index is 703. The lowest BCUT2D eigenvalue weighted by Gasteiger charge is -2.22. The van der Waals surface area contributed by atoms with Gasteiger partial charge in [0, 0.05) is 30.4 Å². The van der Waals surface area contributed by atoms with Gasteiger partial charge in [-0.15, -0.1) is 11.3 Å². The minimum atomic E-state index is -3.61. The Morgan fingerprint density at radius 3 is 3.05 bits per heavy atom. The topological polar surface area (TPSA) is 54.7 Å². The number of rotatable bonds is 3. The first-order chi connectivity index (χ1) is 9.01. The van der Waals surface area contributed by atoms with E-state index >= 15 is 0 Å². The molecule has 0 bridgehead atoms. The molecule has 2 aromatic rings. The fourth-order valence-electron chi connectivity index (χ4n) is 2.11. The summed E-state index contributed by atoms with van der Waals surface area (Å²) < 4.78 is 28.4. The van der Waals surface area contributed by atoms with Crippen molar-refractivity contribution in [3.63, 3.8) is 0 Å². The van der Waals surface area contributed by atoms with Gasteiger partial charge in [0.1, 0.15) is 0 Å². The standard InChI is InChI=1S/C10H12ClN3O2S3/c1-13(7-2-4-17-6-7)19(15,16)9-8(11)12-10-14(9)3-5-18-10/h3,5,7H,2,4,6H2,1H3. The van der Waals surface area contributed by atoms with Crippen molar-refractivity contribution < 1.29 is 8.42 Å². The van der Waals surface area contributed by atoms with Crippen LogP contribution in [0.1, 0.15) is 6.42 Å². The van der Waals surface area contributed by atoms with E-state index in [1.54, 1.807) is 34.8 Å². The van der Waals surface area contributed by atoms with E-state index in [9.17, 15) is 8.42 Å². The zero-order valence-electron chi connectivity index (χ0n) is 10.1. The normalized spacial score (nSPS) is 20.7. The molecule has 0 aliphatic carbocycles. The van der Waals surface area contributed by atoms with Gasteiger partial charge in [-0.2, -0.15) is 16.1 Å². The SMILES string of the molecule is CN(C1CCSC1)S(=O)(=O)c1c(Cl)nc2sccn12. The average molecular weight is 338 g/mol. The number of halogens is 1.